The van der Waals surface area contributed by atoms with Gasteiger partial charge in [-0.2, -0.15) is 0 Å². The Bertz CT molecular complexity index is 444. The van der Waals surface area contributed by atoms with E-state index in [4.69, 9.17) is 0 Å². The third kappa shape index (κ3) is 3.73. The predicted molar refractivity (Wildman–Crippen MR) is 69.7 cm³/mol. The molecule has 2 N–H and O–H groups in total. The van der Waals surface area contributed by atoms with Crippen LogP contribution in [0.3, 0.4) is 0 Å². The van der Waals surface area contributed by atoms with Crippen molar-refractivity contribution >= 4 is 5.69 Å². The smallest absolute Gasteiger partial charge is 0.269 e. The van der Waals surface area contributed by atoms with Crippen molar-refractivity contribution in [2.75, 3.05) is 19.6 Å². The van der Waals surface area contributed by atoms with Gasteiger partial charge >= 0.3 is 0 Å². The summed E-state index contributed by atoms with van der Waals surface area (Å²) in [5.74, 6) is 0. The van der Waals surface area contributed by atoms with Gasteiger partial charge < -0.3 is 15.1 Å². The van der Waals surface area contributed by atoms with Crippen molar-refractivity contribution in [2.45, 2.75) is 25.0 Å². The first kappa shape index (κ1) is 13.9. The third-order valence-electron chi connectivity index (χ3n) is 3.45. The van der Waals surface area contributed by atoms with Crippen LogP contribution in [0.2, 0.25) is 0 Å². The van der Waals surface area contributed by atoms with Gasteiger partial charge in [0.2, 0.25) is 0 Å². The summed E-state index contributed by atoms with van der Waals surface area (Å²) in [6, 6.07) is 6.09. The van der Waals surface area contributed by atoms with E-state index in [-0.39, 0.29) is 11.8 Å². The highest BCUT2D eigenvalue weighted by Gasteiger charge is 2.20. The van der Waals surface area contributed by atoms with Crippen molar-refractivity contribution < 1.29 is 15.1 Å². The number of hydrogen-bond donors (Lipinski definition) is 2. The molecule has 1 atom stereocenters. The molecule has 1 aromatic carbocycles. The van der Waals surface area contributed by atoms with Crippen molar-refractivity contribution in [1.82, 2.24) is 4.90 Å². The molecule has 0 aliphatic carbocycles. The Labute approximate surface area is 111 Å². The van der Waals surface area contributed by atoms with Crippen molar-refractivity contribution in [2.24, 2.45) is 0 Å². The molecule has 104 valence electrons. The molecule has 2 rings (SSSR count). The Morgan fingerprint density at radius 2 is 2.11 bits per heavy atom. The van der Waals surface area contributed by atoms with Crippen molar-refractivity contribution in [3.8, 4) is 0 Å². The molecular weight excluding hydrogens is 248 g/mol. The molecule has 19 heavy (non-hydrogen) atoms. The predicted octanol–water partition coefficient (Wildman–Crippen LogP) is 1.08. The van der Waals surface area contributed by atoms with Crippen LogP contribution in [0.4, 0.5) is 5.69 Å². The van der Waals surface area contributed by atoms with E-state index in [0.717, 1.165) is 13.1 Å². The number of aliphatic hydroxyl groups excluding tert-OH is 2. The Morgan fingerprint density at radius 1 is 1.42 bits per heavy atom. The molecule has 6 heteroatoms. The maximum absolute atomic E-state index is 10.7. The molecule has 1 aliphatic heterocycles. The first-order valence-corrected chi connectivity index (χ1v) is 6.39. The zero-order valence-electron chi connectivity index (χ0n) is 10.6. The lowest BCUT2D eigenvalue weighted by Gasteiger charge is -2.31. The second-order valence-corrected chi connectivity index (χ2v) is 4.90. The summed E-state index contributed by atoms with van der Waals surface area (Å²) in [4.78, 5) is 12.3. The molecule has 0 spiro atoms. The van der Waals surface area contributed by atoms with E-state index in [0.29, 0.717) is 24.9 Å². The van der Waals surface area contributed by atoms with Gasteiger partial charge in [-0.05, 0) is 18.4 Å². The number of non-ortho nitro benzene ring substituents is 1. The lowest BCUT2D eigenvalue weighted by molar-refractivity contribution is -0.385. The third-order valence-corrected chi connectivity index (χ3v) is 3.45. The number of β-amino-alcohol motifs (C(OH)–C–C–N with tert-alkyl or cyclic N) is 1. The highest BCUT2D eigenvalue weighted by molar-refractivity contribution is 5.35. The summed E-state index contributed by atoms with van der Waals surface area (Å²) < 4.78 is 0. The number of hydrogen-bond acceptors (Lipinski definition) is 5. The minimum absolute atomic E-state index is 0.00869. The molecule has 0 amide bonds. The Hall–Kier alpha value is -1.50. The average molecular weight is 266 g/mol. The molecular formula is C13H18N2O4. The second kappa shape index (κ2) is 6.10. The number of aliphatic hydroxyl groups is 2. The van der Waals surface area contributed by atoms with Crippen LogP contribution in [0.25, 0.3) is 0 Å². The van der Waals surface area contributed by atoms with Gasteiger partial charge in [0.1, 0.15) is 0 Å². The lowest BCUT2D eigenvalue weighted by atomic mass is 10.0. The van der Waals surface area contributed by atoms with Gasteiger partial charge in [-0.15, -0.1) is 0 Å². The maximum Gasteiger partial charge on any atom is 0.269 e. The van der Waals surface area contributed by atoms with Gasteiger partial charge in [-0.25, -0.2) is 0 Å². The van der Waals surface area contributed by atoms with Crippen LogP contribution < -0.4 is 0 Å². The largest absolute Gasteiger partial charge is 0.393 e. The van der Waals surface area contributed by atoms with Crippen molar-refractivity contribution in [3.63, 3.8) is 0 Å². The van der Waals surface area contributed by atoms with Crippen LogP contribution in [0.15, 0.2) is 24.3 Å². The molecule has 0 aromatic heterocycles. The number of piperidine rings is 1. The molecule has 0 radical (unpaired) electrons. The van der Waals surface area contributed by atoms with Crippen LogP contribution in [-0.4, -0.2) is 45.8 Å². The Morgan fingerprint density at radius 3 is 2.74 bits per heavy atom. The van der Waals surface area contributed by atoms with Gasteiger partial charge in [-0.3, -0.25) is 10.1 Å². The van der Waals surface area contributed by atoms with E-state index in [1.54, 1.807) is 12.1 Å². The number of nitrogens with zero attached hydrogens (tertiary/aromatic N) is 2. The van der Waals surface area contributed by atoms with Crippen molar-refractivity contribution in [1.29, 1.82) is 0 Å². The van der Waals surface area contributed by atoms with Gasteiger partial charge in [-0.1, -0.05) is 12.1 Å². The topological polar surface area (TPSA) is 86.8 Å². The summed E-state index contributed by atoms with van der Waals surface area (Å²) >= 11 is 0. The SMILES string of the molecule is O=[N+]([O-])c1cccc(C(O)CN2CCC(O)CC2)c1. The second-order valence-electron chi connectivity index (χ2n) is 4.90. The summed E-state index contributed by atoms with van der Waals surface area (Å²) in [5, 5.41) is 30.2. The molecule has 1 aliphatic rings. The summed E-state index contributed by atoms with van der Waals surface area (Å²) in [6.07, 6.45) is 0.435. The average Bonchev–Trinajstić information content (AvgIpc) is 2.41. The minimum Gasteiger partial charge on any atom is -0.393 e. The summed E-state index contributed by atoms with van der Waals surface area (Å²) in [7, 11) is 0. The highest BCUT2D eigenvalue weighted by Crippen LogP contribution is 2.21. The molecule has 0 saturated carbocycles. The highest BCUT2D eigenvalue weighted by atomic mass is 16.6. The molecule has 0 bridgehead atoms. The minimum atomic E-state index is -0.741. The van der Waals surface area contributed by atoms with Gasteiger partial charge in [0.15, 0.2) is 0 Å². The molecule has 1 aromatic rings. The van der Waals surface area contributed by atoms with E-state index in [9.17, 15) is 20.3 Å². The van der Waals surface area contributed by atoms with Gasteiger partial charge in [0, 0.05) is 31.8 Å². The van der Waals surface area contributed by atoms with E-state index < -0.39 is 11.0 Å². The number of likely N-dealkylation sites (tertiary alicyclic amines) is 1. The lowest BCUT2D eigenvalue weighted by Crippen LogP contribution is -2.38. The zero-order valence-corrected chi connectivity index (χ0v) is 10.6. The first-order valence-electron chi connectivity index (χ1n) is 6.39. The molecule has 1 unspecified atom stereocenters. The van der Waals surface area contributed by atoms with Crippen LogP contribution in [-0.2, 0) is 0 Å². The van der Waals surface area contributed by atoms with E-state index in [2.05, 4.69) is 4.90 Å². The van der Waals surface area contributed by atoms with Gasteiger partial charge in [0.05, 0.1) is 17.1 Å². The van der Waals surface area contributed by atoms with Crippen LogP contribution in [0.1, 0.15) is 24.5 Å². The fourth-order valence-electron chi connectivity index (χ4n) is 2.30. The normalized spacial score (nSPS) is 19.3. The number of benzene rings is 1. The van der Waals surface area contributed by atoms with Gasteiger partial charge in [0.25, 0.3) is 5.69 Å². The van der Waals surface area contributed by atoms with Crippen LogP contribution >= 0.6 is 0 Å². The van der Waals surface area contributed by atoms with Crippen molar-refractivity contribution in [3.05, 3.63) is 39.9 Å². The molecule has 1 saturated heterocycles. The monoisotopic (exact) mass is 266 g/mol. The molecule has 1 fully saturated rings. The Kier molecular flexibility index (Phi) is 4.47. The zero-order chi connectivity index (χ0) is 13.8. The van der Waals surface area contributed by atoms with E-state index >= 15 is 0 Å². The number of rotatable bonds is 4. The van der Waals surface area contributed by atoms with E-state index in [1.165, 1.54) is 12.1 Å². The molecule has 6 nitrogen and oxygen atoms in total. The summed E-state index contributed by atoms with van der Waals surface area (Å²) in [6.45, 7) is 1.92. The fourth-order valence-corrected chi connectivity index (χ4v) is 2.30. The standard InChI is InChI=1S/C13H18N2O4/c16-12-4-6-14(7-5-12)9-13(17)10-2-1-3-11(8-10)15(18)19/h1-3,8,12-13,16-17H,4-7,9H2. The van der Waals surface area contributed by atoms with Crippen LogP contribution in [0, 0.1) is 10.1 Å². The summed E-state index contributed by atoms with van der Waals surface area (Å²) in [5.41, 5.74) is 0.547. The van der Waals surface area contributed by atoms with E-state index in [1.807, 2.05) is 0 Å². The number of nitro benzene ring substituents is 1. The van der Waals surface area contributed by atoms with Crippen LogP contribution in [0.5, 0.6) is 0 Å². The maximum atomic E-state index is 10.7. The number of nitro groups is 1. The molecule has 1 heterocycles. The quantitative estimate of drug-likeness (QED) is 0.629. The fraction of sp³-hybridized carbons (Fsp3) is 0.538. The Balaban J connectivity index is 1.97. The first-order chi connectivity index (χ1) is 9.06.